The topological polar surface area (TPSA) is 92.4 Å². The van der Waals surface area contributed by atoms with Crippen LogP contribution in [-0.2, 0) is 10.0 Å². The Bertz CT molecular complexity index is 520. The average Bonchev–Trinajstić information content (AvgIpc) is 2.29. The van der Waals surface area contributed by atoms with Crippen molar-refractivity contribution in [3.63, 3.8) is 0 Å². The van der Waals surface area contributed by atoms with Gasteiger partial charge in [-0.1, -0.05) is 6.07 Å². The summed E-state index contributed by atoms with van der Waals surface area (Å²) in [7, 11) is -3.97. The molecule has 0 saturated heterocycles. The fraction of sp³-hybridized carbons (Fsp3) is 0.400. The van der Waals surface area contributed by atoms with E-state index in [0.717, 1.165) is 0 Å². The number of rotatable bonds is 5. The molecule has 0 aromatic heterocycles. The second-order valence-electron chi connectivity index (χ2n) is 3.72. The number of nitrogens with one attached hydrogen (secondary N) is 1. The summed E-state index contributed by atoms with van der Waals surface area (Å²) < 4.78 is 49.6. The molecule has 0 fully saturated rings. The smallest absolute Gasteiger partial charge is 0.265 e. The Morgan fingerprint density at radius 2 is 2.06 bits per heavy atom. The maximum absolute atomic E-state index is 12.0. The van der Waals surface area contributed by atoms with Gasteiger partial charge in [-0.15, -0.1) is 0 Å². The molecule has 5 nitrogen and oxygen atoms in total. The Morgan fingerprint density at radius 3 is 2.61 bits per heavy atom. The first-order chi connectivity index (χ1) is 8.25. The first kappa shape index (κ1) is 14.8. The van der Waals surface area contributed by atoms with E-state index in [-0.39, 0.29) is 10.6 Å². The van der Waals surface area contributed by atoms with Crippen molar-refractivity contribution in [2.24, 2.45) is 0 Å². The molecule has 18 heavy (non-hydrogen) atoms. The van der Waals surface area contributed by atoms with E-state index in [2.05, 4.69) is 0 Å². The zero-order valence-electron chi connectivity index (χ0n) is 9.60. The third-order valence-electron chi connectivity index (χ3n) is 2.39. The van der Waals surface area contributed by atoms with E-state index >= 15 is 0 Å². The molecular formula is C10H14F2N2O3S. The highest BCUT2D eigenvalue weighted by atomic mass is 32.2. The van der Waals surface area contributed by atoms with E-state index in [9.17, 15) is 17.2 Å². The molecule has 0 aliphatic heterocycles. The number of hydrogen-bond acceptors (Lipinski definition) is 4. The Hall–Kier alpha value is -1.25. The van der Waals surface area contributed by atoms with Crippen molar-refractivity contribution in [3.8, 4) is 0 Å². The van der Waals surface area contributed by atoms with Gasteiger partial charge in [-0.25, -0.2) is 21.9 Å². The zero-order valence-corrected chi connectivity index (χ0v) is 10.4. The molecule has 0 amide bonds. The van der Waals surface area contributed by atoms with Crippen LogP contribution in [0, 0.1) is 6.92 Å². The van der Waals surface area contributed by atoms with Gasteiger partial charge in [0.15, 0.2) is 0 Å². The standard InChI is InChI=1S/C10H14F2N2O3S/c1-6-7(13)3-2-4-9(6)18(16,17)14-5-8(15)10(11)12/h2-4,8,10,14-15H,5,13H2,1H3. The Morgan fingerprint density at radius 1 is 1.44 bits per heavy atom. The molecule has 1 atom stereocenters. The van der Waals surface area contributed by atoms with E-state index in [4.69, 9.17) is 10.8 Å². The van der Waals surface area contributed by atoms with Crippen molar-refractivity contribution >= 4 is 15.7 Å². The number of benzene rings is 1. The maximum atomic E-state index is 12.0. The largest absolute Gasteiger partial charge is 0.398 e. The van der Waals surface area contributed by atoms with Crippen LogP contribution in [0.5, 0.6) is 0 Å². The van der Waals surface area contributed by atoms with Crippen LogP contribution in [0.4, 0.5) is 14.5 Å². The van der Waals surface area contributed by atoms with Crippen molar-refractivity contribution in [2.75, 3.05) is 12.3 Å². The molecule has 1 unspecified atom stereocenters. The number of sulfonamides is 1. The summed E-state index contributed by atoms with van der Waals surface area (Å²) >= 11 is 0. The van der Waals surface area contributed by atoms with Crippen molar-refractivity contribution in [3.05, 3.63) is 23.8 Å². The van der Waals surface area contributed by atoms with Gasteiger partial charge in [0.25, 0.3) is 6.43 Å². The predicted octanol–water partition coefficient (Wildman–Crippen LogP) is 0.482. The monoisotopic (exact) mass is 280 g/mol. The van der Waals surface area contributed by atoms with E-state index in [1.165, 1.54) is 25.1 Å². The van der Waals surface area contributed by atoms with E-state index in [1.807, 2.05) is 4.72 Å². The van der Waals surface area contributed by atoms with Crippen LogP contribution in [0.1, 0.15) is 5.56 Å². The summed E-state index contributed by atoms with van der Waals surface area (Å²) in [5, 5.41) is 8.86. The van der Waals surface area contributed by atoms with Crippen LogP contribution in [0.2, 0.25) is 0 Å². The second-order valence-corrected chi connectivity index (χ2v) is 5.46. The van der Waals surface area contributed by atoms with E-state index in [1.54, 1.807) is 0 Å². The van der Waals surface area contributed by atoms with Crippen LogP contribution in [0.25, 0.3) is 0 Å². The minimum atomic E-state index is -3.97. The van der Waals surface area contributed by atoms with Gasteiger partial charge < -0.3 is 10.8 Å². The number of aliphatic hydroxyl groups excluding tert-OH is 1. The number of halogens is 2. The van der Waals surface area contributed by atoms with Gasteiger partial charge in [0.1, 0.15) is 6.10 Å². The number of alkyl halides is 2. The molecular weight excluding hydrogens is 266 g/mol. The molecule has 0 aliphatic rings. The van der Waals surface area contributed by atoms with Crippen LogP contribution in [0.3, 0.4) is 0 Å². The van der Waals surface area contributed by atoms with Crippen molar-refractivity contribution < 1.29 is 22.3 Å². The van der Waals surface area contributed by atoms with Gasteiger partial charge in [0.05, 0.1) is 4.90 Å². The van der Waals surface area contributed by atoms with Crippen LogP contribution >= 0.6 is 0 Å². The minimum absolute atomic E-state index is 0.0935. The second kappa shape index (κ2) is 5.59. The van der Waals surface area contributed by atoms with Crippen LogP contribution in [0.15, 0.2) is 23.1 Å². The number of aliphatic hydroxyl groups is 1. The molecule has 1 rings (SSSR count). The summed E-state index contributed by atoms with van der Waals surface area (Å²) in [4.78, 5) is -0.0935. The molecule has 102 valence electrons. The summed E-state index contributed by atoms with van der Waals surface area (Å²) in [6.07, 6.45) is -5.05. The van der Waals surface area contributed by atoms with Gasteiger partial charge >= 0.3 is 0 Å². The minimum Gasteiger partial charge on any atom is -0.398 e. The molecule has 0 heterocycles. The lowest BCUT2D eigenvalue weighted by Crippen LogP contribution is -2.36. The number of anilines is 1. The summed E-state index contributed by atoms with van der Waals surface area (Å²) in [6, 6.07) is 4.28. The van der Waals surface area contributed by atoms with Crippen molar-refractivity contribution in [2.45, 2.75) is 24.3 Å². The third-order valence-corrected chi connectivity index (χ3v) is 3.96. The molecule has 0 radical (unpaired) electrons. The molecule has 8 heteroatoms. The van der Waals surface area contributed by atoms with Crippen LogP contribution in [-0.4, -0.2) is 32.6 Å². The normalized spacial score (nSPS) is 13.8. The average molecular weight is 280 g/mol. The Labute approximate surface area is 104 Å². The quantitative estimate of drug-likeness (QED) is 0.684. The zero-order chi connectivity index (χ0) is 13.9. The van der Waals surface area contributed by atoms with Gasteiger partial charge in [0, 0.05) is 12.2 Å². The predicted molar refractivity (Wildman–Crippen MR) is 62.8 cm³/mol. The van der Waals surface area contributed by atoms with Crippen molar-refractivity contribution in [1.82, 2.24) is 4.72 Å². The molecule has 4 N–H and O–H groups in total. The SMILES string of the molecule is Cc1c(N)cccc1S(=O)(=O)NCC(O)C(F)F. The lowest BCUT2D eigenvalue weighted by molar-refractivity contribution is -0.000452. The lowest BCUT2D eigenvalue weighted by atomic mass is 10.2. The number of nitrogen functional groups attached to an aromatic ring is 1. The first-order valence-corrected chi connectivity index (χ1v) is 6.55. The highest BCUT2D eigenvalue weighted by Crippen LogP contribution is 2.20. The van der Waals surface area contributed by atoms with E-state index < -0.39 is 29.1 Å². The molecule has 0 spiro atoms. The summed E-state index contributed by atoms with van der Waals surface area (Å²) in [5.41, 5.74) is 6.17. The third kappa shape index (κ3) is 3.37. The molecule has 1 aromatic carbocycles. The van der Waals surface area contributed by atoms with Gasteiger partial charge in [-0.3, -0.25) is 0 Å². The Kier molecular flexibility index (Phi) is 4.60. The summed E-state index contributed by atoms with van der Waals surface area (Å²) in [5.74, 6) is 0. The van der Waals surface area contributed by atoms with Gasteiger partial charge in [-0.2, -0.15) is 0 Å². The summed E-state index contributed by atoms with van der Waals surface area (Å²) in [6.45, 7) is 0.752. The highest BCUT2D eigenvalue weighted by Gasteiger charge is 2.22. The van der Waals surface area contributed by atoms with Gasteiger partial charge in [0.2, 0.25) is 10.0 Å². The van der Waals surface area contributed by atoms with E-state index in [0.29, 0.717) is 5.56 Å². The number of nitrogens with two attached hydrogens (primary N) is 1. The maximum Gasteiger partial charge on any atom is 0.265 e. The molecule has 0 saturated carbocycles. The molecule has 0 bridgehead atoms. The number of hydrogen-bond donors (Lipinski definition) is 3. The fourth-order valence-electron chi connectivity index (χ4n) is 1.28. The lowest BCUT2D eigenvalue weighted by Gasteiger charge is -2.13. The fourth-order valence-corrected chi connectivity index (χ4v) is 2.61. The highest BCUT2D eigenvalue weighted by molar-refractivity contribution is 7.89. The van der Waals surface area contributed by atoms with Crippen LogP contribution < -0.4 is 10.5 Å². The van der Waals surface area contributed by atoms with Crippen molar-refractivity contribution in [1.29, 1.82) is 0 Å². The molecule has 1 aromatic rings. The first-order valence-electron chi connectivity index (χ1n) is 5.06. The Balaban J connectivity index is 2.91. The van der Waals surface area contributed by atoms with Gasteiger partial charge in [-0.05, 0) is 24.6 Å². The molecule has 0 aliphatic carbocycles.